The molecule has 3 heterocycles. The summed E-state index contributed by atoms with van der Waals surface area (Å²) < 4.78 is 41.3. The first kappa shape index (κ1) is 31.5. The van der Waals surface area contributed by atoms with Gasteiger partial charge in [-0.15, -0.1) is 0 Å². The Balaban J connectivity index is 1.63. The monoisotopic (exact) mass is 606 g/mol. The zero-order valence-electron chi connectivity index (χ0n) is 25.7. The van der Waals surface area contributed by atoms with Gasteiger partial charge in [0.05, 0.1) is 30.5 Å². The van der Waals surface area contributed by atoms with E-state index in [1.54, 1.807) is 13.2 Å². The van der Waals surface area contributed by atoms with Crippen LogP contribution in [-0.2, 0) is 52.3 Å². The van der Waals surface area contributed by atoms with Gasteiger partial charge in [-0.2, -0.15) is 0 Å². The molecule has 11 atom stereocenters. The lowest BCUT2D eigenvalue weighted by molar-refractivity contribution is -0.251. The van der Waals surface area contributed by atoms with Crippen molar-refractivity contribution in [2.24, 2.45) is 22.7 Å². The molecule has 12 heteroatoms. The van der Waals surface area contributed by atoms with Crippen molar-refractivity contribution in [1.82, 2.24) is 0 Å². The molecule has 0 amide bonds. The van der Waals surface area contributed by atoms with Crippen LogP contribution in [0, 0.1) is 22.7 Å². The molecule has 3 aliphatic heterocycles. The Morgan fingerprint density at radius 1 is 1.09 bits per heavy atom. The molecule has 5 aliphatic rings. The van der Waals surface area contributed by atoms with Gasteiger partial charge in [-0.25, -0.2) is 4.79 Å². The second-order valence-electron chi connectivity index (χ2n) is 12.9. The Labute approximate surface area is 251 Å². The highest BCUT2D eigenvalue weighted by Crippen LogP contribution is 2.69. The molecule has 0 bridgehead atoms. The summed E-state index contributed by atoms with van der Waals surface area (Å²) in [6, 6.07) is 0. The summed E-state index contributed by atoms with van der Waals surface area (Å²) >= 11 is 0. The first-order chi connectivity index (χ1) is 20.1. The first-order valence-corrected chi connectivity index (χ1v) is 14.8. The number of ether oxygens (including phenoxy) is 7. The molecular weight excluding hydrogens is 564 g/mol. The zero-order valence-corrected chi connectivity index (χ0v) is 25.7. The van der Waals surface area contributed by atoms with Gasteiger partial charge in [-0.05, 0) is 51.2 Å². The van der Waals surface area contributed by atoms with Gasteiger partial charge in [0.2, 0.25) is 11.9 Å². The van der Waals surface area contributed by atoms with E-state index in [9.17, 15) is 24.3 Å². The number of epoxide rings is 1. The Hall–Kier alpha value is -2.96. The number of aliphatic hydroxyl groups excluding tert-OH is 1. The summed E-state index contributed by atoms with van der Waals surface area (Å²) in [5.74, 6) is -3.11. The Morgan fingerprint density at radius 2 is 1.79 bits per heavy atom. The van der Waals surface area contributed by atoms with Crippen LogP contribution in [0.5, 0.6) is 0 Å². The molecule has 0 radical (unpaired) electrons. The number of fused-ring (bicyclic) bond motifs is 3. The molecule has 0 aromatic rings. The smallest absolute Gasteiger partial charge is 0.350 e. The molecule has 3 fully saturated rings. The minimum atomic E-state index is -1.61. The highest BCUT2D eigenvalue weighted by molar-refractivity contribution is 5.82. The van der Waals surface area contributed by atoms with Crippen LogP contribution in [0.25, 0.3) is 0 Å². The number of hydrogen-bond acceptors (Lipinski definition) is 12. The van der Waals surface area contributed by atoms with Crippen LogP contribution in [-0.4, -0.2) is 84.1 Å². The quantitative estimate of drug-likeness (QED) is 0.187. The second kappa shape index (κ2) is 10.9. The third kappa shape index (κ3) is 4.85. The van der Waals surface area contributed by atoms with Crippen molar-refractivity contribution >= 4 is 23.9 Å². The molecule has 1 N–H and O–H groups in total. The lowest BCUT2D eigenvalue weighted by Crippen LogP contribution is -2.73. The summed E-state index contributed by atoms with van der Waals surface area (Å²) in [5.41, 5.74) is -4.19. The van der Waals surface area contributed by atoms with Crippen molar-refractivity contribution in [3.63, 3.8) is 0 Å². The van der Waals surface area contributed by atoms with Crippen LogP contribution < -0.4 is 0 Å². The average Bonchev–Trinajstić information content (AvgIpc) is 3.40. The fraction of sp³-hybridized carbons (Fsp3) is 0.742. The van der Waals surface area contributed by atoms with E-state index in [1.165, 1.54) is 27.7 Å². The summed E-state index contributed by atoms with van der Waals surface area (Å²) in [4.78, 5) is 50.2. The molecule has 0 aromatic carbocycles. The molecule has 1 spiro atoms. The Morgan fingerprint density at radius 3 is 2.35 bits per heavy atom. The maximum absolute atomic E-state index is 13.6. The number of rotatable bonds is 8. The highest BCUT2D eigenvalue weighted by atomic mass is 16.7. The Kier molecular flexibility index (Phi) is 7.97. The summed E-state index contributed by atoms with van der Waals surface area (Å²) in [7, 11) is 0. The first-order valence-electron chi connectivity index (χ1n) is 14.8. The number of hydrogen-bond donors (Lipinski definition) is 1. The third-order valence-electron chi connectivity index (χ3n) is 10.5. The number of esters is 4. The average molecular weight is 607 g/mol. The fourth-order valence-electron chi connectivity index (χ4n) is 7.91. The van der Waals surface area contributed by atoms with Gasteiger partial charge in [0.25, 0.3) is 0 Å². The van der Waals surface area contributed by atoms with E-state index in [0.29, 0.717) is 6.42 Å². The third-order valence-corrected chi connectivity index (χ3v) is 10.5. The number of aliphatic hydroxyl groups is 1. The van der Waals surface area contributed by atoms with Crippen molar-refractivity contribution in [2.75, 3.05) is 13.2 Å². The van der Waals surface area contributed by atoms with Crippen LogP contribution in [0.2, 0.25) is 0 Å². The van der Waals surface area contributed by atoms with E-state index in [2.05, 4.69) is 0 Å². The second-order valence-corrected chi connectivity index (χ2v) is 12.9. The van der Waals surface area contributed by atoms with Crippen molar-refractivity contribution in [3.8, 4) is 0 Å². The largest absolute Gasteiger partial charge is 0.472 e. The van der Waals surface area contributed by atoms with E-state index >= 15 is 0 Å². The normalized spacial score (nSPS) is 42.0. The van der Waals surface area contributed by atoms with Crippen LogP contribution in [0.3, 0.4) is 0 Å². The summed E-state index contributed by atoms with van der Waals surface area (Å²) in [6.07, 6.45) is 2.04. The van der Waals surface area contributed by atoms with E-state index in [4.69, 9.17) is 33.2 Å². The van der Waals surface area contributed by atoms with E-state index in [-0.39, 0.29) is 38.1 Å². The molecule has 2 aliphatic carbocycles. The summed E-state index contributed by atoms with van der Waals surface area (Å²) in [6.45, 7) is 10.6. The molecule has 0 unspecified atom stereocenters. The Bertz CT molecular complexity index is 1240. The van der Waals surface area contributed by atoms with Gasteiger partial charge in [-0.3, -0.25) is 14.4 Å². The molecule has 12 nitrogen and oxygen atoms in total. The molecule has 238 valence electrons. The van der Waals surface area contributed by atoms with Crippen molar-refractivity contribution in [3.05, 3.63) is 24.0 Å². The number of carbonyl (C=O) groups excluding carboxylic acids is 4. The van der Waals surface area contributed by atoms with Crippen molar-refractivity contribution in [2.45, 2.75) is 110 Å². The van der Waals surface area contributed by atoms with Gasteiger partial charge in [0.15, 0.2) is 6.10 Å². The standard InChI is InChI=1S/C31H42O12/c1-8-28(6,43-19(5)34)27(36)42-25-21(35)13-22-29(7,23-12-20-9-10-37-26(20)41-23)16(2)11-24(40-18(4)33)30(22,14-38-17(3)32)31(25)15-39-31/h9-11,20-26,35H,8,12-15H2,1-7H3/t20-,21-,22-,23+,24+,25+,26-,28-,29+,30+,31-/m1/s1. The predicted octanol–water partition coefficient (Wildman–Crippen LogP) is 2.50. The topological polar surface area (TPSA) is 156 Å². The minimum Gasteiger partial charge on any atom is -0.472 e. The zero-order chi connectivity index (χ0) is 31.5. The van der Waals surface area contributed by atoms with Crippen LogP contribution in [0.15, 0.2) is 24.0 Å². The maximum Gasteiger partial charge on any atom is 0.350 e. The lowest BCUT2D eigenvalue weighted by atomic mass is 9.44. The molecule has 2 saturated heterocycles. The van der Waals surface area contributed by atoms with Crippen LogP contribution in [0.1, 0.15) is 67.7 Å². The van der Waals surface area contributed by atoms with Crippen molar-refractivity contribution < 1.29 is 57.4 Å². The summed E-state index contributed by atoms with van der Waals surface area (Å²) in [5, 5.41) is 11.8. The van der Waals surface area contributed by atoms with E-state index < -0.39 is 76.4 Å². The van der Waals surface area contributed by atoms with E-state index in [0.717, 1.165) is 5.57 Å². The minimum absolute atomic E-state index is 0.0273. The molecular formula is C31H42O12. The highest BCUT2D eigenvalue weighted by Gasteiger charge is 2.81. The lowest BCUT2D eigenvalue weighted by Gasteiger charge is -2.62. The number of carbonyl (C=O) groups is 4. The maximum atomic E-state index is 13.6. The predicted molar refractivity (Wildman–Crippen MR) is 147 cm³/mol. The van der Waals surface area contributed by atoms with Gasteiger partial charge in [0.1, 0.15) is 18.3 Å². The van der Waals surface area contributed by atoms with Crippen LogP contribution >= 0.6 is 0 Å². The molecule has 5 rings (SSSR count). The van der Waals surface area contributed by atoms with E-state index in [1.807, 2.05) is 26.0 Å². The molecule has 0 aromatic heterocycles. The fourth-order valence-corrected chi connectivity index (χ4v) is 7.91. The SMILES string of the molecule is CC[C@@](C)(OC(C)=O)C(=O)O[C@H]1[C@H](O)C[C@@H]2[C@@](C)([C@@H]3C[C@H]4C=CO[C@@H]4O3)C(C)=C[C@H](OC(C)=O)[C@@]2(COC(C)=O)[C@@]12CO2. The van der Waals surface area contributed by atoms with Gasteiger partial charge in [0, 0.05) is 32.1 Å². The van der Waals surface area contributed by atoms with Crippen molar-refractivity contribution in [1.29, 1.82) is 0 Å². The van der Waals surface area contributed by atoms with Gasteiger partial charge in [-0.1, -0.05) is 19.4 Å². The van der Waals surface area contributed by atoms with Crippen LogP contribution in [0.4, 0.5) is 0 Å². The molecule has 1 saturated carbocycles. The molecule has 43 heavy (non-hydrogen) atoms. The van der Waals surface area contributed by atoms with Gasteiger partial charge >= 0.3 is 23.9 Å². The van der Waals surface area contributed by atoms with Gasteiger partial charge < -0.3 is 38.3 Å².